The number of unbranched alkanes of at least 4 members (excludes halogenated alkanes) is 1. The smallest absolute Gasteiger partial charge is 0.0181 e. The van der Waals surface area contributed by atoms with Gasteiger partial charge in [-0.05, 0) is 36.8 Å². The first-order valence-electron chi connectivity index (χ1n) is 6.77. The van der Waals surface area contributed by atoms with Gasteiger partial charge in [-0.25, -0.2) is 0 Å². The zero-order valence-electron chi connectivity index (χ0n) is 12.0. The molecular weight excluding hydrogens is 196 g/mol. The molecule has 2 heteroatoms. The molecule has 0 aromatic rings. The van der Waals surface area contributed by atoms with Gasteiger partial charge < -0.3 is 10.6 Å². The van der Waals surface area contributed by atoms with Crippen LogP contribution >= 0.6 is 0 Å². The predicted octanol–water partition coefficient (Wildman–Crippen LogP) is 2.79. The normalized spacial score (nSPS) is 22.7. The van der Waals surface area contributed by atoms with Crippen LogP contribution in [-0.2, 0) is 0 Å². The Morgan fingerprint density at radius 2 is 1.44 bits per heavy atom. The highest BCUT2D eigenvalue weighted by atomic mass is 15.0. The molecule has 0 atom stereocenters. The Balaban J connectivity index is 2.02. The van der Waals surface area contributed by atoms with E-state index in [9.17, 15) is 0 Å². The topological polar surface area (TPSA) is 24.1 Å². The van der Waals surface area contributed by atoms with Gasteiger partial charge in [-0.15, -0.1) is 0 Å². The maximum absolute atomic E-state index is 3.70. The van der Waals surface area contributed by atoms with Crippen molar-refractivity contribution in [1.82, 2.24) is 10.6 Å². The Kier molecular flexibility index (Phi) is 4.42. The Bertz CT molecular complexity index is 205. The van der Waals surface area contributed by atoms with E-state index in [1.165, 1.54) is 12.8 Å². The lowest BCUT2D eigenvalue weighted by Crippen LogP contribution is -2.26. The summed E-state index contributed by atoms with van der Waals surface area (Å²) >= 11 is 0. The summed E-state index contributed by atoms with van der Waals surface area (Å²) in [4.78, 5) is 0. The lowest BCUT2D eigenvalue weighted by atomic mass is 10.0. The molecule has 0 spiro atoms. The van der Waals surface area contributed by atoms with Crippen LogP contribution in [0.1, 0.15) is 54.4 Å². The van der Waals surface area contributed by atoms with Gasteiger partial charge in [-0.2, -0.15) is 0 Å². The van der Waals surface area contributed by atoms with Crippen LogP contribution in [0.2, 0.25) is 0 Å². The van der Waals surface area contributed by atoms with Gasteiger partial charge in [0.05, 0.1) is 0 Å². The van der Waals surface area contributed by atoms with Gasteiger partial charge in [0.2, 0.25) is 0 Å². The fourth-order valence-electron chi connectivity index (χ4n) is 2.59. The molecule has 0 saturated heterocycles. The largest absolute Gasteiger partial charge is 0.315 e. The molecule has 0 unspecified atom stereocenters. The van der Waals surface area contributed by atoms with E-state index in [1.54, 1.807) is 0 Å². The zero-order valence-corrected chi connectivity index (χ0v) is 12.0. The quantitative estimate of drug-likeness (QED) is 0.652. The minimum absolute atomic E-state index is 0.475. The van der Waals surface area contributed by atoms with Crippen molar-refractivity contribution in [3.05, 3.63) is 0 Å². The summed E-state index contributed by atoms with van der Waals surface area (Å²) in [6.07, 6.45) is 2.56. The standard InChI is InChI=1S/C14H30N2/c1-11(2)15-9-7-8-10-16-12-13(3,4)14(12,5)6/h11-12,15-16H,7-10H2,1-6H3. The van der Waals surface area contributed by atoms with Crippen molar-refractivity contribution in [3.8, 4) is 0 Å². The third kappa shape index (κ3) is 2.98. The Morgan fingerprint density at radius 1 is 0.938 bits per heavy atom. The van der Waals surface area contributed by atoms with Crippen LogP contribution in [0.15, 0.2) is 0 Å². The van der Waals surface area contributed by atoms with Crippen LogP contribution in [0, 0.1) is 10.8 Å². The van der Waals surface area contributed by atoms with Crippen LogP contribution in [0.5, 0.6) is 0 Å². The van der Waals surface area contributed by atoms with Gasteiger partial charge in [0, 0.05) is 12.1 Å². The molecule has 0 aliphatic heterocycles. The molecule has 1 aliphatic carbocycles. The highest BCUT2D eigenvalue weighted by Gasteiger charge is 2.64. The van der Waals surface area contributed by atoms with Gasteiger partial charge in [0.15, 0.2) is 0 Å². The van der Waals surface area contributed by atoms with E-state index >= 15 is 0 Å². The van der Waals surface area contributed by atoms with Gasteiger partial charge >= 0.3 is 0 Å². The monoisotopic (exact) mass is 226 g/mol. The van der Waals surface area contributed by atoms with Crippen LogP contribution < -0.4 is 10.6 Å². The molecule has 1 rings (SSSR count). The first-order valence-corrected chi connectivity index (χ1v) is 6.77. The molecule has 0 amide bonds. The molecule has 1 aliphatic rings. The molecule has 0 bridgehead atoms. The van der Waals surface area contributed by atoms with Crippen molar-refractivity contribution >= 4 is 0 Å². The summed E-state index contributed by atoms with van der Waals surface area (Å²) in [6.45, 7) is 16.2. The first-order chi connectivity index (χ1) is 7.30. The fraction of sp³-hybridized carbons (Fsp3) is 1.00. The molecule has 0 aromatic carbocycles. The van der Waals surface area contributed by atoms with Crippen molar-refractivity contribution in [2.24, 2.45) is 10.8 Å². The molecule has 0 aromatic heterocycles. The summed E-state index contributed by atoms with van der Waals surface area (Å²) in [5, 5.41) is 7.15. The third-order valence-corrected chi connectivity index (χ3v) is 4.53. The number of hydrogen-bond acceptors (Lipinski definition) is 2. The predicted molar refractivity (Wildman–Crippen MR) is 71.7 cm³/mol. The van der Waals surface area contributed by atoms with E-state index in [4.69, 9.17) is 0 Å². The second-order valence-electron chi connectivity index (χ2n) is 6.65. The Hall–Kier alpha value is -0.0800. The minimum atomic E-state index is 0.475. The highest BCUT2D eigenvalue weighted by molar-refractivity contribution is 5.17. The molecule has 1 saturated carbocycles. The molecule has 1 fully saturated rings. The zero-order chi connectivity index (χ0) is 12.4. The lowest BCUT2D eigenvalue weighted by Gasteiger charge is -2.09. The maximum Gasteiger partial charge on any atom is 0.0181 e. The molecular formula is C14H30N2. The van der Waals surface area contributed by atoms with E-state index in [1.807, 2.05) is 0 Å². The molecule has 2 N–H and O–H groups in total. The summed E-state index contributed by atoms with van der Waals surface area (Å²) in [5.41, 5.74) is 0.951. The Morgan fingerprint density at radius 3 is 1.88 bits per heavy atom. The van der Waals surface area contributed by atoms with E-state index < -0.39 is 0 Å². The van der Waals surface area contributed by atoms with Crippen LogP contribution in [0.3, 0.4) is 0 Å². The average molecular weight is 226 g/mol. The van der Waals surface area contributed by atoms with Crippen molar-refractivity contribution < 1.29 is 0 Å². The van der Waals surface area contributed by atoms with Crippen molar-refractivity contribution in [2.45, 2.75) is 66.5 Å². The van der Waals surface area contributed by atoms with Gasteiger partial charge in [-0.3, -0.25) is 0 Å². The van der Waals surface area contributed by atoms with Crippen LogP contribution in [-0.4, -0.2) is 25.2 Å². The lowest BCUT2D eigenvalue weighted by molar-refractivity contribution is 0.457. The summed E-state index contributed by atoms with van der Waals surface area (Å²) in [7, 11) is 0. The fourth-order valence-corrected chi connectivity index (χ4v) is 2.59. The summed E-state index contributed by atoms with van der Waals surface area (Å²) in [6, 6.07) is 1.33. The van der Waals surface area contributed by atoms with E-state index in [0.717, 1.165) is 13.1 Å². The van der Waals surface area contributed by atoms with E-state index in [-0.39, 0.29) is 0 Å². The van der Waals surface area contributed by atoms with Gasteiger partial charge in [0.1, 0.15) is 0 Å². The summed E-state index contributed by atoms with van der Waals surface area (Å²) in [5.74, 6) is 0. The van der Waals surface area contributed by atoms with Crippen LogP contribution in [0.4, 0.5) is 0 Å². The van der Waals surface area contributed by atoms with Crippen molar-refractivity contribution in [1.29, 1.82) is 0 Å². The van der Waals surface area contributed by atoms with Crippen LogP contribution in [0.25, 0.3) is 0 Å². The number of rotatable bonds is 7. The number of nitrogens with one attached hydrogen (secondary N) is 2. The molecule has 96 valence electrons. The number of hydrogen-bond donors (Lipinski definition) is 2. The van der Waals surface area contributed by atoms with Gasteiger partial charge in [-0.1, -0.05) is 41.5 Å². The minimum Gasteiger partial charge on any atom is -0.315 e. The Labute approximate surface area is 102 Å². The van der Waals surface area contributed by atoms with E-state index in [0.29, 0.717) is 22.9 Å². The SMILES string of the molecule is CC(C)NCCCCNC1C(C)(C)C1(C)C. The van der Waals surface area contributed by atoms with Crippen molar-refractivity contribution in [2.75, 3.05) is 13.1 Å². The first kappa shape index (κ1) is 14.0. The molecule has 0 radical (unpaired) electrons. The maximum atomic E-state index is 3.70. The van der Waals surface area contributed by atoms with Gasteiger partial charge in [0.25, 0.3) is 0 Å². The van der Waals surface area contributed by atoms with E-state index in [2.05, 4.69) is 52.2 Å². The second-order valence-corrected chi connectivity index (χ2v) is 6.65. The average Bonchev–Trinajstić information content (AvgIpc) is 2.52. The van der Waals surface area contributed by atoms with Crippen molar-refractivity contribution in [3.63, 3.8) is 0 Å². The highest BCUT2D eigenvalue weighted by Crippen LogP contribution is 2.62. The third-order valence-electron chi connectivity index (χ3n) is 4.53. The molecule has 16 heavy (non-hydrogen) atoms. The second kappa shape index (κ2) is 5.05. The molecule has 2 nitrogen and oxygen atoms in total. The summed E-state index contributed by atoms with van der Waals surface area (Å²) < 4.78 is 0. The molecule has 0 heterocycles.